The van der Waals surface area contributed by atoms with Crippen molar-refractivity contribution in [3.63, 3.8) is 0 Å². The lowest BCUT2D eigenvalue weighted by atomic mass is 9.33. The molecule has 8 fully saturated rings. The molecule has 22 nitrogen and oxygen atoms in total. The van der Waals surface area contributed by atoms with Gasteiger partial charge >= 0.3 is 5.97 Å². The fraction of sp³-hybridized carbons (Fsp3) is 0.943. The van der Waals surface area contributed by atoms with Crippen molar-refractivity contribution in [2.75, 3.05) is 26.4 Å². The van der Waals surface area contributed by atoms with Crippen LogP contribution in [0.25, 0.3) is 0 Å². The van der Waals surface area contributed by atoms with Crippen molar-refractivity contribution in [1.29, 1.82) is 0 Å². The zero-order valence-electron chi connectivity index (χ0n) is 44.2. The number of hydrogen-bond donors (Lipinski definition) is 13. The van der Waals surface area contributed by atoms with Crippen LogP contribution >= 0.6 is 0 Å². The van der Waals surface area contributed by atoms with Gasteiger partial charge in [0.2, 0.25) is 6.29 Å². The average molecular weight is 1080 g/mol. The van der Waals surface area contributed by atoms with Crippen molar-refractivity contribution >= 4 is 5.97 Å². The molecule has 9 aliphatic rings. The molecule has 0 bridgehead atoms. The van der Waals surface area contributed by atoms with E-state index in [1.807, 2.05) is 6.92 Å². The van der Waals surface area contributed by atoms with Gasteiger partial charge in [-0.1, -0.05) is 53.2 Å². The van der Waals surface area contributed by atoms with Gasteiger partial charge in [0.05, 0.1) is 44.1 Å². The summed E-state index contributed by atoms with van der Waals surface area (Å²) in [5.74, 6) is -0.732. The Morgan fingerprint density at radius 2 is 1.27 bits per heavy atom. The van der Waals surface area contributed by atoms with Crippen LogP contribution in [0.15, 0.2) is 11.6 Å². The topological polar surface area (TPSA) is 354 Å². The van der Waals surface area contributed by atoms with Crippen molar-refractivity contribution in [2.24, 2.45) is 50.2 Å². The first-order valence-corrected chi connectivity index (χ1v) is 27.3. The van der Waals surface area contributed by atoms with Gasteiger partial charge in [-0.15, -0.1) is 0 Å². The van der Waals surface area contributed by atoms with Crippen molar-refractivity contribution in [2.45, 2.75) is 235 Å². The molecule has 5 aliphatic carbocycles. The van der Waals surface area contributed by atoms with Gasteiger partial charge in [0.15, 0.2) is 18.9 Å². The van der Waals surface area contributed by atoms with E-state index in [1.165, 1.54) is 12.5 Å². The molecule has 0 unspecified atom stereocenters. The molecule has 28 atom stereocenters. The first-order valence-electron chi connectivity index (χ1n) is 27.3. The Balaban J connectivity index is 0.931. The Hall–Kier alpha value is -1.59. The zero-order valence-corrected chi connectivity index (χ0v) is 44.2. The highest BCUT2D eigenvalue weighted by Crippen LogP contribution is 2.76. The van der Waals surface area contributed by atoms with E-state index < -0.39 is 153 Å². The maximum Gasteiger partial charge on any atom is 0.315 e. The quantitative estimate of drug-likeness (QED) is 0.0643. The second-order valence-electron chi connectivity index (χ2n) is 25.7. The van der Waals surface area contributed by atoms with Crippen molar-refractivity contribution in [1.82, 2.24) is 0 Å². The molecule has 9 rings (SSSR count). The Morgan fingerprint density at radius 3 is 1.95 bits per heavy atom. The molecule has 22 heteroatoms. The molecule has 0 aromatic carbocycles. The van der Waals surface area contributed by atoms with Gasteiger partial charge in [-0.25, -0.2) is 0 Å². The number of hydrogen-bond acceptors (Lipinski definition) is 22. The maximum atomic E-state index is 15.1. The summed E-state index contributed by atoms with van der Waals surface area (Å²) < 4.78 is 47.6. The molecule has 13 N–H and O–H groups in total. The average Bonchev–Trinajstić information content (AvgIpc) is 3.37. The lowest BCUT2D eigenvalue weighted by molar-refractivity contribution is -0.365. The third-order valence-corrected chi connectivity index (χ3v) is 21.1. The number of carbonyl (C=O) groups is 1. The summed E-state index contributed by atoms with van der Waals surface area (Å²) in [5, 5.41) is 139. The van der Waals surface area contributed by atoms with Gasteiger partial charge in [0.1, 0.15) is 85.5 Å². The number of rotatable bonds is 11. The Kier molecular flexibility index (Phi) is 16.3. The van der Waals surface area contributed by atoms with Crippen LogP contribution < -0.4 is 0 Å². The van der Waals surface area contributed by atoms with Crippen LogP contribution in [0.1, 0.15) is 113 Å². The van der Waals surface area contributed by atoms with Gasteiger partial charge in [0.25, 0.3) is 0 Å². The first kappa shape index (κ1) is 58.1. The maximum absolute atomic E-state index is 15.1. The fourth-order valence-electron chi connectivity index (χ4n) is 16.1. The molecule has 4 saturated carbocycles. The number of carbonyl (C=O) groups excluding carboxylic acids is 1. The third kappa shape index (κ3) is 9.50. The SMILES string of the molecule is C[C@@H]1O[C@@H](O[C@H]2[C@H](O[C@H]3CC[C@@]4(C)[C@@H](CC[C@]5(C)[C@@H]4CC=C4[C@@H]6CC(C)(C)CC[C@]6(C(=O)O[C@@H]6O[C@H](CO[C@@H]7O[C@H](CO)[C@H](O)[C@H](O)[C@H]7O)[C@@H](O)[C@H](O)[C@H]6O)CC[C@]45C)[C@]3(C)CO)OC[C@H](O)[C@@H]2O)[C@H](O)[C@H](O)[C@H]1O. The largest absolute Gasteiger partial charge is 0.432 e. The highest BCUT2D eigenvalue weighted by molar-refractivity contribution is 5.79. The number of fused-ring (bicyclic) bond motifs is 7. The number of aliphatic hydroxyl groups excluding tert-OH is 13. The van der Waals surface area contributed by atoms with E-state index in [0.717, 1.165) is 25.7 Å². The van der Waals surface area contributed by atoms with Crippen LogP contribution in [-0.2, 0) is 42.7 Å². The van der Waals surface area contributed by atoms with Crippen molar-refractivity contribution < 1.29 is 109 Å². The van der Waals surface area contributed by atoms with Gasteiger partial charge in [-0.3, -0.25) is 4.79 Å². The summed E-state index contributed by atoms with van der Waals surface area (Å²) >= 11 is 0. The van der Waals surface area contributed by atoms with Crippen LogP contribution in [0.3, 0.4) is 0 Å². The smallest absolute Gasteiger partial charge is 0.315 e. The summed E-state index contributed by atoms with van der Waals surface area (Å²) in [6.45, 7) is 13.2. The van der Waals surface area contributed by atoms with E-state index in [9.17, 15) is 66.4 Å². The second kappa shape index (κ2) is 21.1. The molecule has 0 aromatic rings. The molecule has 0 spiro atoms. The highest BCUT2D eigenvalue weighted by Gasteiger charge is 2.71. The normalized spacial score (nSPS) is 54.8. The standard InChI is InChI=1S/C53H86O22/c1-23-32(57)36(61)40(65)44(70-23)74-42-33(58)26(56)20-68-46(42)73-31-11-12-49(4)29(50(31,5)22-55)10-13-52(7)30(49)9-8-24-25-18-48(2,3)14-16-53(25,17-15-51(24,52)6)47(67)75-45-41(66)38(63)35(60)28(72-45)21-69-43-39(64)37(62)34(59)27(19-54)71-43/h8,23,25-46,54-66H,9-22H2,1-7H3/t23-,25-,26-,27+,28+,29+,30+,31-,32-,33-,34-,35+,36+,37-,38-,39+,40+,41+,42+,43+,44-,45-,46-,49-,50-,51+,52+,53-/m0/s1. The molecule has 4 heterocycles. The molecule has 0 radical (unpaired) electrons. The second-order valence-corrected chi connectivity index (χ2v) is 25.7. The van der Waals surface area contributed by atoms with Crippen LogP contribution in [0.5, 0.6) is 0 Å². The number of aliphatic hydroxyl groups is 13. The third-order valence-electron chi connectivity index (χ3n) is 21.1. The van der Waals surface area contributed by atoms with E-state index in [1.54, 1.807) is 0 Å². The number of allylic oxidation sites excluding steroid dienone is 2. The lowest BCUT2D eigenvalue weighted by Gasteiger charge is -2.71. The van der Waals surface area contributed by atoms with Crippen LogP contribution in [0, 0.1) is 50.2 Å². The zero-order chi connectivity index (χ0) is 54.7. The van der Waals surface area contributed by atoms with Gasteiger partial charge < -0.3 is 104 Å². The van der Waals surface area contributed by atoms with E-state index in [-0.39, 0.29) is 52.6 Å². The minimum Gasteiger partial charge on any atom is -0.432 e. The summed E-state index contributed by atoms with van der Waals surface area (Å²) in [7, 11) is 0. The summed E-state index contributed by atoms with van der Waals surface area (Å²) in [6, 6.07) is 0. The van der Waals surface area contributed by atoms with Crippen LogP contribution in [0.2, 0.25) is 0 Å². The highest BCUT2D eigenvalue weighted by atomic mass is 16.8. The first-order chi connectivity index (χ1) is 35.1. The lowest BCUT2D eigenvalue weighted by Crippen LogP contribution is -2.67. The minimum absolute atomic E-state index is 0.0432. The van der Waals surface area contributed by atoms with Crippen LogP contribution in [0.4, 0.5) is 0 Å². The number of ether oxygens (including phenoxy) is 8. The molecule has 0 amide bonds. The van der Waals surface area contributed by atoms with E-state index >= 15 is 4.79 Å². The molecule has 0 aromatic heterocycles. The summed E-state index contributed by atoms with van der Waals surface area (Å²) in [4.78, 5) is 15.1. The summed E-state index contributed by atoms with van der Waals surface area (Å²) in [5.41, 5.74) is -1.70. The summed E-state index contributed by atoms with van der Waals surface area (Å²) in [6.07, 6.45) is -20.8. The van der Waals surface area contributed by atoms with Crippen molar-refractivity contribution in [3.8, 4) is 0 Å². The molecule has 75 heavy (non-hydrogen) atoms. The Labute approximate surface area is 437 Å². The number of esters is 1. The van der Waals surface area contributed by atoms with E-state index in [0.29, 0.717) is 38.5 Å². The van der Waals surface area contributed by atoms with E-state index in [4.69, 9.17) is 37.9 Å². The minimum atomic E-state index is -1.84. The fourth-order valence-corrected chi connectivity index (χ4v) is 16.1. The molecular weight excluding hydrogens is 989 g/mol. The monoisotopic (exact) mass is 1070 g/mol. The van der Waals surface area contributed by atoms with Gasteiger partial charge in [-0.05, 0) is 111 Å². The Morgan fingerprint density at radius 1 is 0.640 bits per heavy atom. The molecule has 4 aliphatic heterocycles. The van der Waals surface area contributed by atoms with Crippen LogP contribution in [-0.4, -0.2) is 222 Å². The molecular formula is C53H86O22. The van der Waals surface area contributed by atoms with E-state index in [2.05, 4.69) is 40.7 Å². The predicted octanol–water partition coefficient (Wildman–Crippen LogP) is -1.40. The molecule has 4 saturated heterocycles. The van der Waals surface area contributed by atoms with Gasteiger partial charge in [0, 0.05) is 5.41 Å². The molecule has 430 valence electrons. The van der Waals surface area contributed by atoms with Crippen molar-refractivity contribution in [3.05, 3.63) is 11.6 Å². The predicted molar refractivity (Wildman–Crippen MR) is 257 cm³/mol. The van der Waals surface area contributed by atoms with Gasteiger partial charge in [-0.2, -0.15) is 0 Å². The Bertz CT molecular complexity index is 2060.